The molecule has 2 heterocycles. The lowest BCUT2D eigenvalue weighted by Crippen LogP contribution is -2.03. The standard InChI is InChI=1S/C29H21NS.H2/c1-17-10-12-21(20-11-13-23-22-8-4-5-9-26(22)31-27(23)16-20)29-28(17)24-14-18-6-2-3-7-19(18)15-25(24)30-29;/h2-9,11-17,30H,10H2,1H3;1H. The predicted octanol–water partition coefficient (Wildman–Crippen LogP) is 8.87. The van der Waals surface area contributed by atoms with Crippen LogP contribution < -0.4 is 0 Å². The Hall–Kier alpha value is -3.36. The van der Waals surface area contributed by atoms with Crippen molar-refractivity contribution in [3.8, 4) is 0 Å². The topological polar surface area (TPSA) is 15.8 Å². The first-order valence-corrected chi connectivity index (χ1v) is 11.7. The molecule has 150 valence electrons. The SMILES string of the molecule is CC1CC=C(c2ccc3c(c2)sc2ccccc23)c2[nH]c3cc4ccccc4cc3c21.[HH]. The molecular weight excluding hydrogens is 394 g/mol. The van der Waals surface area contributed by atoms with Crippen molar-refractivity contribution in [1.82, 2.24) is 4.98 Å². The fourth-order valence-corrected chi connectivity index (χ4v) is 6.44. The van der Waals surface area contributed by atoms with Gasteiger partial charge < -0.3 is 4.98 Å². The summed E-state index contributed by atoms with van der Waals surface area (Å²) in [7, 11) is 0. The van der Waals surface area contributed by atoms with E-state index in [1.165, 1.54) is 64.2 Å². The monoisotopic (exact) mass is 417 g/mol. The maximum absolute atomic E-state index is 3.80. The maximum Gasteiger partial charge on any atom is 0.0503 e. The lowest BCUT2D eigenvalue weighted by Gasteiger charge is -2.20. The number of thiophene rings is 1. The number of hydrogen-bond donors (Lipinski definition) is 1. The van der Waals surface area contributed by atoms with E-state index in [1.54, 1.807) is 0 Å². The van der Waals surface area contributed by atoms with Crippen LogP contribution in [0.5, 0.6) is 0 Å². The third-order valence-electron chi connectivity index (χ3n) is 6.83. The van der Waals surface area contributed by atoms with E-state index in [0.717, 1.165) is 6.42 Å². The quantitative estimate of drug-likeness (QED) is 0.275. The van der Waals surface area contributed by atoms with E-state index in [4.69, 9.17) is 0 Å². The Kier molecular flexibility index (Phi) is 3.53. The summed E-state index contributed by atoms with van der Waals surface area (Å²) in [5.41, 5.74) is 6.65. The second-order valence-corrected chi connectivity index (χ2v) is 9.81. The summed E-state index contributed by atoms with van der Waals surface area (Å²) in [5, 5.41) is 6.69. The van der Waals surface area contributed by atoms with Gasteiger partial charge in [0.25, 0.3) is 0 Å². The zero-order valence-corrected chi connectivity index (χ0v) is 18.1. The molecule has 1 aliphatic rings. The average molecular weight is 418 g/mol. The normalized spacial score (nSPS) is 16.3. The Morgan fingerprint density at radius 2 is 1.58 bits per heavy atom. The summed E-state index contributed by atoms with van der Waals surface area (Å²) in [6.07, 6.45) is 3.50. The van der Waals surface area contributed by atoms with E-state index in [0.29, 0.717) is 5.92 Å². The van der Waals surface area contributed by atoms with Crippen molar-refractivity contribution in [2.24, 2.45) is 0 Å². The third kappa shape index (κ3) is 2.49. The van der Waals surface area contributed by atoms with Gasteiger partial charge in [0.05, 0.1) is 5.69 Å². The molecule has 0 saturated heterocycles. The molecule has 0 bridgehead atoms. The van der Waals surface area contributed by atoms with Crippen LogP contribution in [-0.4, -0.2) is 4.98 Å². The van der Waals surface area contributed by atoms with Crippen LogP contribution in [0.15, 0.2) is 84.9 Å². The number of allylic oxidation sites excluding steroid dienone is 1. The second kappa shape index (κ2) is 6.32. The minimum atomic E-state index is 0. The molecule has 1 N–H and O–H groups in total. The van der Waals surface area contributed by atoms with Gasteiger partial charge in [0.1, 0.15) is 0 Å². The molecule has 0 amide bonds. The van der Waals surface area contributed by atoms with Gasteiger partial charge in [-0.1, -0.05) is 67.6 Å². The molecule has 1 unspecified atom stereocenters. The van der Waals surface area contributed by atoms with E-state index in [-0.39, 0.29) is 1.43 Å². The summed E-state index contributed by atoms with van der Waals surface area (Å²) in [6.45, 7) is 2.35. The molecular formula is C29H23NS. The molecule has 4 aromatic carbocycles. The first-order valence-electron chi connectivity index (χ1n) is 10.9. The molecule has 0 spiro atoms. The van der Waals surface area contributed by atoms with Crippen molar-refractivity contribution in [3.63, 3.8) is 0 Å². The van der Waals surface area contributed by atoms with E-state index < -0.39 is 0 Å². The molecule has 2 aromatic heterocycles. The highest BCUT2D eigenvalue weighted by atomic mass is 32.1. The Morgan fingerprint density at radius 3 is 2.48 bits per heavy atom. The van der Waals surface area contributed by atoms with E-state index in [9.17, 15) is 0 Å². The lowest BCUT2D eigenvalue weighted by atomic mass is 9.84. The fourth-order valence-electron chi connectivity index (χ4n) is 5.30. The fraction of sp³-hybridized carbons (Fsp3) is 0.103. The van der Waals surface area contributed by atoms with Gasteiger partial charge in [-0.2, -0.15) is 0 Å². The van der Waals surface area contributed by atoms with Gasteiger partial charge in [0.2, 0.25) is 0 Å². The van der Waals surface area contributed by atoms with Crippen LogP contribution in [0, 0.1) is 0 Å². The van der Waals surface area contributed by atoms with Crippen molar-refractivity contribution in [1.29, 1.82) is 0 Å². The number of nitrogens with one attached hydrogen (secondary N) is 1. The summed E-state index contributed by atoms with van der Waals surface area (Å²) in [5.74, 6) is 0.515. The zero-order chi connectivity index (χ0) is 20.5. The Morgan fingerprint density at radius 1 is 0.806 bits per heavy atom. The van der Waals surface area contributed by atoms with Crippen LogP contribution in [-0.2, 0) is 0 Å². The van der Waals surface area contributed by atoms with Gasteiger partial charge in [-0.25, -0.2) is 0 Å². The summed E-state index contributed by atoms with van der Waals surface area (Å²) in [4.78, 5) is 3.80. The van der Waals surface area contributed by atoms with Gasteiger partial charge in [-0.05, 0) is 58.5 Å². The Labute approximate surface area is 186 Å². The van der Waals surface area contributed by atoms with Gasteiger partial charge in [-0.15, -0.1) is 11.3 Å². The van der Waals surface area contributed by atoms with Crippen LogP contribution in [0.2, 0.25) is 0 Å². The van der Waals surface area contributed by atoms with Gasteiger partial charge in [0, 0.05) is 38.1 Å². The van der Waals surface area contributed by atoms with Crippen molar-refractivity contribution in [3.05, 3.63) is 102 Å². The maximum atomic E-state index is 3.80. The zero-order valence-electron chi connectivity index (χ0n) is 17.3. The number of hydrogen-bond acceptors (Lipinski definition) is 1. The third-order valence-corrected chi connectivity index (χ3v) is 7.97. The minimum Gasteiger partial charge on any atom is -0.354 e. The molecule has 0 fully saturated rings. The van der Waals surface area contributed by atoms with Crippen molar-refractivity contribution >= 4 is 58.8 Å². The Bertz CT molecular complexity index is 1680. The first kappa shape index (κ1) is 17.3. The van der Waals surface area contributed by atoms with Gasteiger partial charge >= 0.3 is 0 Å². The van der Waals surface area contributed by atoms with Crippen LogP contribution >= 0.6 is 11.3 Å². The number of aromatic amines is 1. The van der Waals surface area contributed by atoms with Crippen LogP contribution in [0.4, 0.5) is 0 Å². The highest BCUT2D eigenvalue weighted by Crippen LogP contribution is 2.44. The van der Waals surface area contributed by atoms with Crippen molar-refractivity contribution in [2.75, 3.05) is 0 Å². The van der Waals surface area contributed by atoms with E-state index >= 15 is 0 Å². The Balaban J connectivity index is 0.00000196. The molecule has 31 heavy (non-hydrogen) atoms. The van der Waals surface area contributed by atoms with E-state index in [2.05, 4.69) is 96.8 Å². The molecule has 0 radical (unpaired) electrons. The molecule has 6 aromatic rings. The summed E-state index contributed by atoms with van der Waals surface area (Å²) >= 11 is 1.89. The smallest absolute Gasteiger partial charge is 0.0503 e. The summed E-state index contributed by atoms with van der Waals surface area (Å²) < 4.78 is 2.72. The van der Waals surface area contributed by atoms with Crippen molar-refractivity contribution < 1.29 is 1.43 Å². The first-order chi connectivity index (χ1) is 15.3. The van der Waals surface area contributed by atoms with Crippen molar-refractivity contribution in [2.45, 2.75) is 19.3 Å². The molecule has 1 atom stereocenters. The average Bonchev–Trinajstić information content (AvgIpc) is 3.35. The lowest BCUT2D eigenvalue weighted by molar-refractivity contribution is 0.774. The number of benzene rings is 4. The predicted molar refractivity (Wildman–Crippen MR) is 137 cm³/mol. The molecule has 1 nitrogen and oxygen atoms in total. The number of rotatable bonds is 1. The second-order valence-electron chi connectivity index (χ2n) is 8.72. The van der Waals surface area contributed by atoms with Gasteiger partial charge in [0.15, 0.2) is 0 Å². The van der Waals surface area contributed by atoms with Crippen LogP contribution in [0.25, 0.3) is 47.4 Å². The number of H-pyrrole nitrogens is 1. The van der Waals surface area contributed by atoms with Crippen LogP contribution in [0.1, 0.15) is 37.5 Å². The molecule has 7 rings (SSSR count). The van der Waals surface area contributed by atoms with E-state index in [1.807, 2.05) is 11.3 Å². The molecule has 2 heteroatoms. The van der Waals surface area contributed by atoms with Gasteiger partial charge in [-0.3, -0.25) is 0 Å². The number of fused-ring (bicyclic) bond motifs is 7. The number of aromatic nitrogens is 1. The largest absolute Gasteiger partial charge is 0.354 e. The highest BCUT2D eigenvalue weighted by Gasteiger charge is 2.24. The highest BCUT2D eigenvalue weighted by molar-refractivity contribution is 7.25. The molecule has 0 aliphatic heterocycles. The van der Waals surface area contributed by atoms with Crippen LogP contribution in [0.3, 0.4) is 0 Å². The minimum absolute atomic E-state index is 0. The summed E-state index contributed by atoms with van der Waals surface area (Å²) in [6, 6.07) is 29.0. The molecule has 1 aliphatic carbocycles. The molecule has 0 saturated carbocycles.